The van der Waals surface area contributed by atoms with E-state index in [1.165, 1.54) is 38.5 Å². The molecule has 0 aromatic rings. The highest BCUT2D eigenvalue weighted by atomic mass is 16.5. The molecule has 0 aromatic carbocycles. The highest BCUT2D eigenvalue weighted by Gasteiger charge is 2.27. The van der Waals surface area contributed by atoms with E-state index < -0.39 is 18.0 Å². The van der Waals surface area contributed by atoms with Crippen LogP contribution in [0.5, 0.6) is 0 Å². The maximum Gasteiger partial charge on any atom is 0.164 e. The van der Waals surface area contributed by atoms with Crippen LogP contribution >= 0.6 is 0 Å². The van der Waals surface area contributed by atoms with Gasteiger partial charge in [-0.2, -0.15) is 0 Å². The van der Waals surface area contributed by atoms with Gasteiger partial charge in [0.25, 0.3) is 0 Å². The lowest BCUT2D eigenvalue weighted by Gasteiger charge is -2.26. The second-order valence-corrected chi connectivity index (χ2v) is 10.0. The molecule has 5 nitrogen and oxygen atoms in total. The van der Waals surface area contributed by atoms with E-state index in [4.69, 9.17) is 0 Å². The highest BCUT2D eigenvalue weighted by molar-refractivity contribution is 4.73. The quantitative estimate of drug-likeness (QED) is 0.182. The van der Waals surface area contributed by atoms with Crippen molar-refractivity contribution in [3.8, 4) is 0 Å². The lowest BCUT2D eigenvalue weighted by Crippen LogP contribution is -2.34. The normalized spacial score (nSPS) is 17.5. The summed E-state index contributed by atoms with van der Waals surface area (Å²) < 4.78 is 0. The van der Waals surface area contributed by atoms with Crippen molar-refractivity contribution >= 4 is 0 Å². The number of aliphatic hydroxyl groups is 4. The molecule has 0 aromatic heterocycles. The second-order valence-electron chi connectivity index (χ2n) is 10.0. The van der Waals surface area contributed by atoms with E-state index in [0.29, 0.717) is 12.3 Å². The topological polar surface area (TPSA) is 93.0 Å². The third kappa shape index (κ3) is 17.5. The van der Waals surface area contributed by atoms with E-state index in [-0.39, 0.29) is 19.3 Å². The molecule has 5 atom stereocenters. The summed E-state index contributed by atoms with van der Waals surface area (Å²) in [5.74, 6) is 0.288. The molecule has 5 N–H and O–H groups in total. The molecule has 30 heavy (non-hydrogen) atoms. The van der Waals surface area contributed by atoms with E-state index in [1.807, 2.05) is 6.92 Å². The van der Waals surface area contributed by atoms with Crippen LogP contribution in [0.3, 0.4) is 0 Å². The molecule has 0 aliphatic rings. The fourth-order valence-electron chi connectivity index (χ4n) is 4.19. The molecule has 0 aliphatic heterocycles. The first kappa shape index (κ1) is 29.8. The van der Waals surface area contributed by atoms with Crippen molar-refractivity contribution in [3.05, 3.63) is 0 Å². The molecule has 0 heterocycles. The minimum atomic E-state index is -1.84. The summed E-state index contributed by atoms with van der Waals surface area (Å²) in [4.78, 5) is 0. The van der Waals surface area contributed by atoms with Crippen LogP contribution in [0.1, 0.15) is 112 Å². The zero-order valence-corrected chi connectivity index (χ0v) is 20.6. The van der Waals surface area contributed by atoms with Crippen molar-refractivity contribution in [2.45, 2.75) is 130 Å². The first-order valence-corrected chi connectivity index (χ1v) is 12.6. The summed E-state index contributed by atoms with van der Waals surface area (Å²) in [6, 6.07) is 0. The minimum Gasteiger partial charge on any atom is -0.393 e. The van der Waals surface area contributed by atoms with Crippen molar-refractivity contribution in [2.75, 3.05) is 13.1 Å². The molecule has 0 saturated carbocycles. The first-order chi connectivity index (χ1) is 14.1. The van der Waals surface area contributed by atoms with E-state index in [0.717, 1.165) is 37.8 Å². The standard InChI is InChI=1S/C25H53NO4/c1-6-23(27)17-24(28)18-25(29,30)16-10-15-21(4)12-8-11-20(3)13-9-14-22(5)19-26-7-2/h20-24,26-30H,6-19H2,1-5H3. The lowest BCUT2D eigenvalue weighted by atomic mass is 9.90. The Labute approximate surface area is 186 Å². The van der Waals surface area contributed by atoms with Gasteiger partial charge in [-0.3, -0.25) is 0 Å². The van der Waals surface area contributed by atoms with Gasteiger partial charge in [0.2, 0.25) is 0 Å². The molecule has 182 valence electrons. The molecule has 0 radical (unpaired) electrons. The Kier molecular flexibility index (Phi) is 17.3. The first-order valence-electron chi connectivity index (χ1n) is 12.6. The van der Waals surface area contributed by atoms with Gasteiger partial charge >= 0.3 is 0 Å². The maximum atomic E-state index is 10.1. The maximum absolute atomic E-state index is 10.1. The van der Waals surface area contributed by atoms with Crippen molar-refractivity contribution in [2.24, 2.45) is 17.8 Å². The highest BCUT2D eigenvalue weighted by Crippen LogP contribution is 2.24. The van der Waals surface area contributed by atoms with Crippen LogP contribution in [-0.2, 0) is 0 Å². The molecular formula is C25H53NO4. The van der Waals surface area contributed by atoms with E-state index in [1.54, 1.807) is 0 Å². The van der Waals surface area contributed by atoms with Crippen LogP contribution in [0.4, 0.5) is 0 Å². The van der Waals surface area contributed by atoms with Gasteiger partial charge in [-0.15, -0.1) is 0 Å². The molecule has 0 aliphatic carbocycles. The summed E-state index contributed by atoms with van der Waals surface area (Å²) in [6.45, 7) is 13.1. The lowest BCUT2D eigenvalue weighted by molar-refractivity contribution is -0.187. The summed E-state index contributed by atoms with van der Waals surface area (Å²) >= 11 is 0. The molecule has 0 spiro atoms. The molecule has 0 fully saturated rings. The van der Waals surface area contributed by atoms with Crippen LogP contribution in [0, 0.1) is 17.8 Å². The number of hydrogen-bond acceptors (Lipinski definition) is 5. The van der Waals surface area contributed by atoms with Gasteiger partial charge < -0.3 is 25.7 Å². The van der Waals surface area contributed by atoms with Crippen molar-refractivity contribution < 1.29 is 20.4 Å². The molecule has 5 unspecified atom stereocenters. The Morgan fingerprint density at radius 3 is 1.73 bits per heavy atom. The fourth-order valence-corrected chi connectivity index (χ4v) is 4.19. The average molecular weight is 432 g/mol. The fraction of sp³-hybridized carbons (Fsp3) is 1.00. The molecule has 0 rings (SSSR count). The van der Waals surface area contributed by atoms with Gasteiger partial charge in [-0.25, -0.2) is 0 Å². The van der Waals surface area contributed by atoms with Crippen LogP contribution in [-0.4, -0.2) is 51.5 Å². The smallest absolute Gasteiger partial charge is 0.164 e. The third-order valence-corrected chi connectivity index (χ3v) is 6.38. The van der Waals surface area contributed by atoms with Gasteiger partial charge in [0, 0.05) is 12.8 Å². The van der Waals surface area contributed by atoms with Gasteiger partial charge in [0.15, 0.2) is 5.79 Å². The summed E-state index contributed by atoms with van der Waals surface area (Å²) in [6.07, 6.45) is 8.87. The summed E-state index contributed by atoms with van der Waals surface area (Å²) in [7, 11) is 0. The Morgan fingerprint density at radius 1 is 0.733 bits per heavy atom. The largest absolute Gasteiger partial charge is 0.393 e. The van der Waals surface area contributed by atoms with Crippen molar-refractivity contribution in [1.82, 2.24) is 5.32 Å². The van der Waals surface area contributed by atoms with E-state index in [2.05, 4.69) is 33.0 Å². The predicted octanol–water partition coefficient (Wildman–Crippen LogP) is 4.61. The Bertz CT molecular complexity index is 391. The molecule has 5 heteroatoms. The van der Waals surface area contributed by atoms with Gasteiger partial charge in [0.1, 0.15) is 0 Å². The molecule has 0 saturated heterocycles. The molecular weight excluding hydrogens is 378 g/mol. The molecule has 0 bridgehead atoms. The SMILES string of the molecule is CCNCC(C)CCCC(C)CCCC(C)CCCC(O)(O)CC(O)CC(O)CC. The van der Waals surface area contributed by atoms with Gasteiger partial charge in [0.05, 0.1) is 12.2 Å². The van der Waals surface area contributed by atoms with Crippen LogP contribution in [0.25, 0.3) is 0 Å². The van der Waals surface area contributed by atoms with Crippen LogP contribution in [0.2, 0.25) is 0 Å². The Morgan fingerprint density at radius 2 is 1.23 bits per heavy atom. The number of nitrogens with one attached hydrogen (secondary N) is 1. The van der Waals surface area contributed by atoms with Crippen molar-refractivity contribution in [1.29, 1.82) is 0 Å². The van der Waals surface area contributed by atoms with Crippen LogP contribution < -0.4 is 5.32 Å². The Hall–Kier alpha value is -0.200. The monoisotopic (exact) mass is 431 g/mol. The number of rotatable bonds is 20. The Balaban J connectivity index is 3.82. The molecule has 0 amide bonds. The summed E-state index contributed by atoms with van der Waals surface area (Å²) in [5.41, 5.74) is 0. The van der Waals surface area contributed by atoms with Crippen LogP contribution in [0.15, 0.2) is 0 Å². The third-order valence-electron chi connectivity index (χ3n) is 6.38. The van der Waals surface area contributed by atoms with Crippen molar-refractivity contribution in [3.63, 3.8) is 0 Å². The summed E-state index contributed by atoms with van der Waals surface area (Å²) in [5, 5.41) is 43.1. The minimum absolute atomic E-state index is 0.0942. The van der Waals surface area contributed by atoms with E-state index >= 15 is 0 Å². The number of hydrogen-bond donors (Lipinski definition) is 5. The zero-order valence-electron chi connectivity index (χ0n) is 20.6. The van der Waals surface area contributed by atoms with E-state index in [9.17, 15) is 20.4 Å². The predicted molar refractivity (Wildman–Crippen MR) is 126 cm³/mol. The number of aliphatic hydroxyl groups excluding tert-OH is 2. The van der Waals surface area contributed by atoms with Gasteiger partial charge in [-0.05, 0) is 56.5 Å². The van der Waals surface area contributed by atoms with Gasteiger partial charge in [-0.1, -0.05) is 73.1 Å². The average Bonchev–Trinajstić information content (AvgIpc) is 2.65. The zero-order chi connectivity index (χ0) is 23.0. The second kappa shape index (κ2) is 17.4.